The van der Waals surface area contributed by atoms with E-state index in [2.05, 4.69) is 24.5 Å². The zero-order chi connectivity index (χ0) is 8.36. The first-order valence-electron chi connectivity index (χ1n) is 4.41. The van der Waals surface area contributed by atoms with Crippen molar-refractivity contribution in [2.24, 2.45) is 0 Å². The van der Waals surface area contributed by atoms with Crippen molar-refractivity contribution >= 4 is 0 Å². The summed E-state index contributed by atoms with van der Waals surface area (Å²) in [6, 6.07) is 0. The number of hydrogen-bond donors (Lipinski definition) is 2. The van der Waals surface area contributed by atoms with Crippen LogP contribution in [0.5, 0.6) is 0 Å². The lowest BCUT2D eigenvalue weighted by Gasteiger charge is -2.03. The van der Waals surface area contributed by atoms with Crippen molar-refractivity contribution in [3.8, 4) is 0 Å². The highest BCUT2D eigenvalue weighted by Crippen LogP contribution is 1.76. The van der Waals surface area contributed by atoms with Crippen LogP contribution in [0.25, 0.3) is 0 Å². The van der Waals surface area contributed by atoms with Crippen LogP contribution >= 0.6 is 0 Å². The Kier molecular flexibility index (Phi) is 9.85. The van der Waals surface area contributed by atoms with Crippen LogP contribution in [0.3, 0.4) is 0 Å². The van der Waals surface area contributed by atoms with Gasteiger partial charge in [0.15, 0.2) is 0 Å². The fourth-order valence-electron chi connectivity index (χ4n) is 0.838. The van der Waals surface area contributed by atoms with E-state index in [1.165, 1.54) is 6.42 Å². The average Bonchev–Trinajstić information content (AvgIpc) is 2.03. The highest BCUT2D eigenvalue weighted by Gasteiger charge is 1.86. The molecule has 0 amide bonds. The third-order valence-corrected chi connectivity index (χ3v) is 1.41. The smallest absolute Gasteiger partial charge is 0.00368 e. The van der Waals surface area contributed by atoms with E-state index in [1.807, 2.05) is 0 Å². The van der Waals surface area contributed by atoms with Gasteiger partial charge in [-0.05, 0) is 45.4 Å². The molecule has 0 bridgehead atoms. The van der Waals surface area contributed by atoms with Crippen molar-refractivity contribution in [3.63, 3.8) is 0 Å². The van der Waals surface area contributed by atoms with E-state index in [4.69, 9.17) is 0 Å². The summed E-state index contributed by atoms with van der Waals surface area (Å²) in [4.78, 5) is 0. The van der Waals surface area contributed by atoms with E-state index in [0.29, 0.717) is 0 Å². The minimum absolute atomic E-state index is 0.978. The maximum absolute atomic E-state index is 3.75. The summed E-state index contributed by atoms with van der Waals surface area (Å²) in [6.45, 7) is 11.8. The first kappa shape index (κ1) is 10.9. The molecule has 0 atom stereocenters. The van der Waals surface area contributed by atoms with E-state index >= 15 is 0 Å². The first-order valence-corrected chi connectivity index (χ1v) is 4.41. The Morgan fingerprint density at radius 3 is 1.55 bits per heavy atom. The normalized spacial score (nSPS) is 10.4. The largest absolute Gasteiger partial charge is 0.317 e. The molecule has 0 unspecified atom stereocenters. The van der Waals surface area contributed by atoms with Gasteiger partial charge in [0.2, 0.25) is 0 Å². The zero-order valence-electron chi connectivity index (χ0n) is 7.36. The first-order chi connectivity index (χ1) is 5.41. The minimum atomic E-state index is 0.978. The molecule has 0 heterocycles. The van der Waals surface area contributed by atoms with Crippen molar-refractivity contribution < 1.29 is 0 Å². The van der Waals surface area contributed by atoms with Gasteiger partial charge in [-0.15, -0.1) is 0 Å². The molecule has 0 saturated heterocycles. The molecule has 11 heavy (non-hydrogen) atoms. The summed E-state index contributed by atoms with van der Waals surface area (Å²) in [5.41, 5.74) is 0. The van der Waals surface area contributed by atoms with Crippen LogP contribution in [-0.4, -0.2) is 26.2 Å². The predicted octanol–water partition coefficient (Wildman–Crippen LogP) is 1.00. The van der Waals surface area contributed by atoms with Crippen molar-refractivity contribution in [2.45, 2.75) is 19.3 Å². The molecule has 2 heteroatoms. The Morgan fingerprint density at radius 2 is 1.18 bits per heavy atom. The third-order valence-electron chi connectivity index (χ3n) is 1.41. The molecule has 0 rings (SSSR count). The molecule has 0 aromatic carbocycles. The van der Waals surface area contributed by atoms with Gasteiger partial charge in [0, 0.05) is 0 Å². The summed E-state index contributed by atoms with van der Waals surface area (Å²) in [7, 11) is 0. The predicted molar refractivity (Wildman–Crippen MR) is 50.3 cm³/mol. The second kappa shape index (κ2) is 9.92. The van der Waals surface area contributed by atoms with Gasteiger partial charge < -0.3 is 10.6 Å². The summed E-state index contributed by atoms with van der Waals surface area (Å²) in [6.07, 6.45) is 3.15. The lowest BCUT2D eigenvalue weighted by Crippen LogP contribution is -2.22. The monoisotopic (exact) mass is 156 g/mol. The fourth-order valence-corrected chi connectivity index (χ4v) is 0.838. The molecule has 0 saturated carbocycles. The van der Waals surface area contributed by atoms with Gasteiger partial charge in [0.1, 0.15) is 0 Å². The zero-order valence-corrected chi connectivity index (χ0v) is 7.36. The molecule has 2 nitrogen and oxygen atoms in total. The number of hydrogen-bond acceptors (Lipinski definition) is 2. The maximum atomic E-state index is 3.75. The van der Waals surface area contributed by atoms with Crippen molar-refractivity contribution in [2.75, 3.05) is 26.2 Å². The van der Waals surface area contributed by atoms with E-state index in [9.17, 15) is 0 Å². The second-order valence-electron chi connectivity index (χ2n) is 2.56. The van der Waals surface area contributed by atoms with E-state index in [1.54, 1.807) is 0 Å². The molecular weight excluding hydrogens is 136 g/mol. The average molecular weight is 156 g/mol. The summed E-state index contributed by atoms with van der Waals surface area (Å²) < 4.78 is 0. The van der Waals surface area contributed by atoms with Crippen LogP contribution in [0.2, 0.25) is 0 Å². The highest BCUT2D eigenvalue weighted by atomic mass is 14.9. The minimum Gasteiger partial charge on any atom is -0.317 e. The molecule has 2 N–H and O–H groups in total. The number of nitrogens with one attached hydrogen (secondary N) is 2. The van der Waals surface area contributed by atoms with Gasteiger partial charge in [-0.1, -0.05) is 13.8 Å². The molecule has 0 aliphatic carbocycles. The molecule has 2 radical (unpaired) electrons. The maximum Gasteiger partial charge on any atom is -0.00368 e. The van der Waals surface area contributed by atoms with E-state index in [-0.39, 0.29) is 0 Å². The molecular formula is C9H20N2. The van der Waals surface area contributed by atoms with Crippen LogP contribution in [0.4, 0.5) is 0 Å². The number of rotatable bonds is 8. The molecule has 0 aliphatic rings. The molecule has 0 aromatic heterocycles. The van der Waals surface area contributed by atoms with Crippen molar-refractivity contribution in [1.29, 1.82) is 0 Å². The van der Waals surface area contributed by atoms with Gasteiger partial charge in [-0.2, -0.15) is 0 Å². The Balaban J connectivity index is 2.69. The third kappa shape index (κ3) is 9.92. The highest BCUT2D eigenvalue weighted by molar-refractivity contribution is 4.53. The Bertz CT molecular complexity index is 56.6. The van der Waals surface area contributed by atoms with E-state index in [0.717, 1.165) is 39.0 Å². The van der Waals surface area contributed by atoms with Gasteiger partial charge in [-0.25, -0.2) is 0 Å². The molecule has 0 aromatic rings. The summed E-state index contributed by atoms with van der Waals surface area (Å²) in [5.74, 6) is 0. The van der Waals surface area contributed by atoms with Gasteiger partial charge in [-0.3, -0.25) is 0 Å². The second-order valence-corrected chi connectivity index (χ2v) is 2.56. The Hall–Kier alpha value is -0.0800. The summed E-state index contributed by atoms with van der Waals surface area (Å²) >= 11 is 0. The lowest BCUT2D eigenvalue weighted by atomic mass is 10.4. The Labute approximate surface area is 70.8 Å². The molecule has 0 aliphatic heterocycles. The van der Waals surface area contributed by atoms with E-state index < -0.39 is 0 Å². The van der Waals surface area contributed by atoms with Crippen LogP contribution in [0.15, 0.2) is 0 Å². The quantitative estimate of drug-likeness (QED) is 0.512. The fraction of sp³-hybridized carbons (Fsp3) is 0.778. The van der Waals surface area contributed by atoms with Gasteiger partial charge >= 0.3 is 0 Å². The molecule has 66 valence electrons. The molecule has 0 fully saturated rings. The van der Waals surface area contributed by atoms with Crippen LogP contribution in [0, 0.1) is 13.8 Å². The van der Waals surface area contributed by atoms with Crippen LogP contribution in [-0.2, 0) is 0 Å². The standard InChI is InChI=1S/C9H20N2/c1-3-6-10-8-5-9-11-7-4-2/h10-11H,1-9H2. The van der Waals surface area contributed by atoms with Crippen molar-refractivity contribution in [3.05, 3.63) is 13.8 Å². The van der Waals surface area contributed by atoms with Crippen molar-refractivity contribution in [1.82, 2.24) is 10.6 Å². The van der Waals surface area contributed by atoms with Gasteiger partial charge in [0.05, 0.1) is 0 Å². The summed E-state index contributed by atoms with van der Waals surface area (Å²) in [5, 5.41) is 6.59. The van der Waals surface area contributed by atoms with Gasteiger partial charge in [0.25, 0.3) is 0 Å². The lowest BCUT2D eigenvalue weighted by molar-refractivity contribution is 0.600. The molecule has 0 spiro atoms. The van der Waals surface area contributed by atoms with Crippen LogP contribution in [0.1, 0.15) is 19.3 Å². The Morgan fingerprint density at radius 1 is 0.727 bits per heavy atom. The van der Waals surface area contributed by atoms with Crippen LogP contribution < -0.4 is 10.6 Å². The topological polar surface area (TPSA) is 24.1 Å². The SMILES string of the molecule is [CH2]CCNCCCNCC[CH2].